The topological polar surface area (TPSA) is 91.4 Å². The molecule has 1 heterocycles. The molecular weight excluding hydrogens is 416 g/mol. The lowest BCUT2D eigenvalue weighted by Gasteiger charge is -2.17. The van der Waals surface area contributed by atoms with Gasteiger partial charge in [-0.3, -0.25) is 0 Å². The number of aliphatic carboxylic acids is 1. The zero-order valence-electron chi connectivity index (χ0n) is 18.0. The highest BCUT2D eigenvalue weighted by Gasteiger charge is 2.29. The fourth-order valence-electron chi connectivity index (χ4n) is 4.60. The van der Waals surface area contributed by atoms with Crippen LogP contribution in [-0.4, -0.2) is 34.8 Å². The number of benzene rings is 3. The minimum Gasteiger partial charge on any atom is -0.480 e. The van der Waals surface area contributed by atoms with E-state index < -0.39 is 18.1 Å². The summed E-state index contributed by atoms with van der Waals surface area (Å²) in [4.78, 5) is 27.4. The molecule has 1 aromatic heterocycles. The van der Waals surface area contributed by atoms with Gasteiger partial charge in [-0.1, -0.05) is 60.7 Å². The molecule has 0 spiro atoms. The van der Waals surface area contributed by atoms with Crippen LogP contribution in [0.4, 0.5) is 4.79 Å². The Morgan fingerprint density at radius 2 is 1.67 bits per heavy atom. The van der Waals surface area contributed by atoms with E-state index in [1.54, 1.807) is 0 Å². The second-order valence-electron chi connectivity index (χ2n) is 8.30. The Morgan fingerprint density at radius 1 is 0.970 bits per heavy atom. The molecule has 0 saturated heterocycles. The van der Waals surface area contributed by atoms with Gasteiger partial charge in [-0.15, -0.1) is 0 Å². The first-order chi connectivity index (χ1) is 16.1. The van der Waals surface area contributed by atoms with E-state index in [1.165, 1.54) is 0 Å². The normalized spacial score (nSPS) is 13.3. The van der Waals surface area contributed by atoms with Crippen molar-refractivity contribution < 1.29 is 19.4 Å². The first-order valence-corrected chi connectivity index (χ1v) is 11.0. The molecule has 1 aliphatic rings. The SMILES string of the molecule is O=C(N[C@@H](CCc1ccc2cc[nH]c2c1)C(=O)O)OCC1c2ccccc2-c2ccccc21. The smallest absolute Gasteiger partial charge is 0.407 e. The average Bonchev–Trinajstić information content (AvgIpc) is 3.42. The number of H-pyrrole nitrogens is 1. The molecule has 0 radical (unpaired) electrons. The number of amides is 1. The number of aryl methyl sites for hydroxylation is 1. The van der Waals surface area contributed by atoms with Crippen molar-refractivity contribution in [2.45, 2.75) is 24.8 Å². The highest BCUT2D eigenvalue weighted by Crippen LogP contribution is 2.44. The van der Waals surface area contributed by atoms with Gasteiger partial charge in [-0.05, 0) is 58.2 Å². The number of carboxylic acids is 1. The maximum absolute atomic E-state index is 12.5. The standard InChI is InChI=1S/C27H24N2O4/c30-26(31)24(12-10-17-9-11-18-13-14-28-25(18)15-17)29-27(32)33-16-23-21-7-3-1-5-19(21)20-6-2-4-8-22(20)23/h1-9,11,13-15,23-24,28H,10,12,16H2,(H,29,32)(H,30,31)/t24-/m0/s1. The van der Waals surface area contributed by atoms with Crippen LogP contribution >= 0.6 is 0 Å². The fraction of sp³-hybridized carbons (Fsp3) is 0.185. The van der Waals surface area contributed by atoms with Crippen LogP contribution in [0.2, 0.25) is 0 Å². The summed E-state index contributed by atoms with van der Waals surface area (Å²) in [7, 11) is 0. The minimum atomic E-state index is -1.08. The quantitative estimate of drug-likeness (QED) is 0.373. The molecule has 33 heavy (non-hydrogen) atoms. The molecule has 1 aliphatic carbocycles. The zero-order chi connectivity index (χ0) is 22.8. The number of hydrogen-bond acceptors (Lipinski definition) is 3. The molecule has 3 aromatic carbocycles. The van der Waals surface area contributed by atoms with Crippen molar-refractivity contribution in [3.05, 3.63) is 95.7 Å². The average molecular weight is 440 g/mol. The summed E-state index contributed by atoms with van der Waals surface area (Å²) in [6, 6.07) is 23.1. The van der Waals surface area contributed by atoms with E-state index in [9.17, 15) is 14.7 Å². The number of rotatable bonds is 7. The van der Waals surface area contributed by atoms with Crippen molar-refractivity contribution in [1.29, 1.82) is 0 Å². The lowest BCUT2D eigenvalue weighted by atomic mass is 9.98. The number of ether oxygens (including phenoxy) is 1. The Hall–Kier alpha value is -4.06. The van der Waals surface area contributed by atoms with Gasteiger partial charge in [0.2, 0.25) is 0 Å². The largest absolute Gasteiger partial charge is 0.480 e. The van der Waals surface area contributed by atoms with Gasteiger partial charge in [0.1, 0.15) is 12.6 Å². The molecule has 6 heteroatoms. The van der Waals surface area contributed by atoms with E-state index in [0.717, 1.165) is 38.7 Å². The Morgan fingerprint density at radius 3 is 2.36 bits per heavy atom. The molecular formula is C27H24N2O4. The summed E-state index contributed by atoms with van der Waals surface area (Å²) in [6.45, 7) is 0.149. The maximum atomic E-state index is 12.5. The van der Waals surface area contributed by atoms with Crippen LogP contribution < -0.4 is 5.32 Å². The van der Waals surface area contributed by atoms with Crippen LogP contribution in [0.25, 0.3) is 22.0 Å². The van der Waals surface area contributed by atoms with Crippen LogP contribution in [-0.2, 0) is 16.0 Å². The Labute approximate surface area is 191 Å². The second kappa shape index (κ2) is 8.82. The predicted molar refractivity (Wildman–Crippen MR) is 126 cm³/mol. The van der Waals surface area contributed by atoms with Gasteiger partial charge in [0.25, 0.3) is 0 Å². The molecule has 0 saturated carbocycles. The van der Waals surface area contributed by atoms with Gasteiger partial charge in [-0.2, -0.15) is 0 Å². The van der Waals surface area contributed by atoms with E-state index in [-0.39, 0.29) is 18.9 Å². The van der Waals surface area contributed by atoms with Crippen LogP contribution in [0.3, 0.4) is 0 Å². The van der Waals surface area contributed by atoms with Crippen LogP contribution in [0, 0.1) is 0 Å². The monoisotopic (exact) mass is 440 g/mol. The Balaban J connectivity index is 1.21. The summed E-state index contributed by atoms with van der Waals surface area (Å²) in [6.07, 6.45) is 1.94. The Kier molecular flexibility index (Phi) is 5.57. The third-order valence-corrected chi connectivity index (χ3v) is 6.27. The van der Waals surface area contributed by atoms with E-state index in [4.69, 9.17) is 4.74 Å². The Bertz CT molecular complexity index is 1280. The number of nitrogens with one attached hydrogen (secondary N) is 2. The molecule has 1 atom stereocenters. The summed E-state index contributed by atoms with van der Waals surface area (Å²) in [5, 5.41) is 13.2. The summed E-state index contributed by atoms with van der Waals surface area (Å²) >= 11 is 0. The highest BCUT2D eigenvalue weighted by atomic mass is 16.5. The lowest BCUT2D eigenvalue weighted by molar-refractivity contribution is -0.139. The molecule has 0 fully saturated rings. The third-order valence-electron chi connectivity index (χ3n) is 6.27. The number of hydrogen-bond donors (Lipinski definition) is 3. The van der Waals surface area contributed by atoms with Crippen LogP contribution in [0.5, 0.6) is 0 Å². The van der Waals surface area contributed by atoms with Gasteiger partial charge < -0.3 is 20.1 Å². The molecule has 5 rings (SSSR count). The van der Waals surface area contributed by atoms with E-state index in [0.29, 0.717) is 6.42 Å². The third kappa shape index (κ3) is 4.20. The lowest BCUT2D eigenvalue weighted by Crippen LogP contribution is -2.41. The van der Waals surface area contributed by atoms with E-state index >= 15 is 0 Å². The molecule has 0 aliphatic heterocycles. The van der Waals surface area contributed by atoms with Crippen molar-refractivity contribution in [1.82, 2.24) is 10.3 Å². The molecule has 3 N–H and O–H groups in total. The second-order valence-corrected chi connectivity index (χ2v) is 8.30. The zero-order valence-corrected chi connectivity index (χ0v) is 18.0. The number of fused-ring (bicyclic) bond motifs is 4. The molecule has 1 amide bonds. The van der Waals surface area contributed by atoms with Crippen molar-refractivity contribution in [3.8, 4) is 11.1 Å². The van der Waals surface area contributed by atoms with E-state index in [2.05, 4.69) is 22.4 Å². The van der Waals surface area contributed by atoms with Crippen LogP contribution in [0.1, 0.15) is 29.0 Å². The van der Waals surface area contributed by atoms with Crippen molar-refractivity contribution in [2.75, 3.05) is 6.61 Å². The van der Waals surface area contributed by atoms with Crippen molar-refractivity contribution in [3.63, 3.8) is 0 Å². The van der Waals surface area contributed by atoms with Gasteiger partial charge in [0.15, 0.2) is 0 Å². The molecule has 4 aromatic rings. The number of alkyl carbamates (subject to hydrolysis) is 1. The minimum absolute atomic E-state index is 0.0704. The summed E-state index contributed by atoms with van der Waals surface area (Å²) in [5.41, 5.74) is 6.52. The number of carboxylic acid groups (broad SMARTS) is 1. The first-order valence-electron chi connectivity index (χ1n) is 11.0. The molecule has 0 bridgehead atoms. The van der Waals surface area contributed by atoms with Gasteiger partial charge in [0.05, 0.1) is 0 Å². The van der Waals surface area contributed by atoms with E-state index in [1.807, 2.05) is 66.9 Å². The number of carbonyl (C=O) groups is 2. The number of aromatic nitrogens is 1. The predicted octanol–water partition coefficient (Wildman–Crippen LogP) is 5.09. The highest BCUT2D eigenvalue weighted by molar-refractivity contribution is 5.82. The van der Waals surface area contributed by atoms with Gasteiger partial charge in [-0.25, -0.2) is 9.59 Å². The number of carbonyl (C=O) groups excluding carboxylic acids is 1. The molecule has 0 unspecified atom stereocenters. The van der Waals surface area contributed by atoms with Gasteiger partial charge >= 0.3 is 12.1 Å². The summed E-state index contributed by atoms with van der Waals surface area (Å²) < 4.78 is 5.50. The maximum Gasteiger partial charge on any atom is 0.407 e. The molecule has 6 nitrogen and oxygen atoms in total. The van der Waals surface area contributed by atoms with Gasteiger partial charge in [0, 0.05) is 17.6 Å². The number of aromatic amines is 1. The first kappa shape index (κ1) is 20.8. The summed E-state index contributed by atoms with van der Waals surface area (Å²) in [5.74, 6) is -1.15. The molecule has 166 valence electrons. The van der Waals surface area contributed by atoms with Crippen molar-refractivity contribution >= 4 is 23.0 Å². The van der Waals surface area contributed by atoms with Crippen molar-refractivity contribution in [2.24, 2.45) is 0 Å². The fourth-order valence-corrected chi connectivity index (χ4v) is 4.60. The van der Waals surface area contributed by atoms with Crippen LogP contribution in [0.15, 0.2) is 79.0 Å².